The zero-order valence-corrected chi connectivity index (χ0v) is 22.4. The molecule has 3 rings (SSSR count). The number of carboxylic acids is 1. The van der Waals surface area contributed by atoms with E-state index in [9.17, 15) is 4.79 Å². The summed E-state index contributed by atoms with van der Waals surface area (Å²) in [6.07, 6.45) is 3.88. The summed E-state index contributed by atoms with van der Waals surface area (Å²) in [6.45, 7) is 9.82. The van der Waals surface area contributed by atoms with Crippen LogP contribution in [0.25, 0.3) is 16.7 Å². The summed E-state index contributed by atoms with van der Waals surface area (Å²) in [4.78, 5) is 10.7. The maximum atomic E-state index is 10.7. The third-order valence-electron chi connectivity index (χ3n) is 5.12. The Morgan fingerprint density at radius 2 is 1.67 bits per heavy atom. The number of methoxy groups -OCH3 is 1. The molecule has 3 aromatic rings. The van der Waals surface area contributed by atoms with E-state index in [2.05, 4.69) is 30.2 Å². The second-order valence-electron chi connectivity index (χ2n) is 7.56. The highest BCUT2D eigenvalue weighted by Crippen LogP contribution is 2.30. The third kappa shape index (κ3) is 8.24. The molecule has 0 heterocycles. The van der Waals surface area contributed by atoms with Crippen molar-refractivity contribution < 1.29 is 24.1 Å². The number of allylic oxidation sites excluding steroid dienone is 2. The molecule has 0 saturated carbocycles. The second-order valence-corrected chi connectivity index (χ2v) is 8.27. The molecule has 5 nitrogen and oxygen atoms in total. The average molecular weight is 507 g/mol. The van der Waals surface area contributed by atoms with Gasteiger partial charge in [-0.25, -0.2) is 4.79 Å². The van der Waals surface area contributed by atoms with Crippen LogP contribution in [-0.4, -0.2) is 31.0 Å². The van der Waals surface area contributed by atoms with Crippen LogP contribution in [0.4, 0.5) is 0 Å². The monoisotopic (exact) mass is 506 g/mol. The van der Waals surface area contributed by atoms with E-state index in [0.29, 0.717) is 18.1 Å². The van der Waals surface area contributed by atoms with Gasteiger partial charge >= 0.3 is 5.97 Å². The highest BCUT2D eigenvalue weighted by Gasteiger charge is 2.09. The summed E-state index contributed by atoms with van der Waals surface area (Å²) in [6, 6.07) is 19.7. The normalized spacial score (nSPS) is 10.6. The van der Waals surface area contributed by atoms with Crippen LogP contribution in [0.15, 0.2) is 78.7 Å². The van der Waals surface area contributed by atoms with E-state index in [1.807, 2.05) is 63.4 Å². The van der Waals surface area contributed by atoms with E-state index in [1.54, 1.807) is 31.0 Å². The lowest BCUT2D eigenvalue weighted by Gasteiger charge is -2.14. The third-order valence-corrected chi connectivity index (χ3v) is 5.61. The van der Waals surface area contributed by atoms with Crippen molar-refractivity contribution in [1.82, 2.24) is 0 Å². The highest BCUT2D eigenvalue weighted by molar-refractivity contribution is 8.01. The molecule has 0 aliphatic rings. The Bertz CT molecular complexity index is 1180. The van der Waals surface area contributed by atoms with Gasteiger partial charge in [0.2, 0.25) is 0 Å². The van der Waals surface area contributed by atoms with Gasteiger partial charge in [-0.1, -0.05) is 38.6 Å². The van der Waals surface area contributed by atoms with Gasteiger partial charge in [0.05, 0.1) is 7.11 Å². The highest BCUT2D eigenvalue weighted by atomic mass is 32.2. The Balaban J connectivity index is 0.00000222. The maximum absolute atomic E-state index is 10.7. The summed E-state index contributed by atoms with van der Waals surface area (Å²) in [5.41, 5.74) is 6.07. The van der Waals surface area contributed by atoms with Crippen LogP contribution >= 0.6 is 11.8 Å². The summed E-state index contributed by atoms with van der Waals surface area (Å²) in [5, 5.41) is 10.9. The van der Waals surface area contributed by atoms with Crippen LogP contribution in [-0.2, 0) is 11.4 Å². The van der Waals surface area contributed by atoms with E-state index < -0.39 is 5.97 Å². The standard InChI is InChI=1S/C28H28O5S.C2H6/c1-5-21(18-34-4)23-13-20(14-24(15-23)22-6-8-25(31-3)9-7-22)16-32-26-10-11-27(19(2)12-26)33-17-28(29)30;1-2/h5-15,18H,1,16-17H2,2-4H3,(H,29,30);1-2H3/b21-18+;. The molecule has 0 aromatic heterocycles. The summed E-state index contributed by atoms with van der Waals surface area (Å²) < 4.78 is 16.6. The van der Waals surface area contributed by atoms with Crippen LogP contribution in [0.1, 0.15) is 30.5 Å². The minimum absolute atomic E-state index is 0.370. The van der Waals surface area contributed by atoms with Gasteiger partial charge in [-0.3, -0.25) is 0 Å². The van der Waals surface area contributed by atoms with Gasteiger partial charge in [-0.05, 0) is 101 Å². The van der Waals surface area contributed by atoms with E-state index >= 15 is 0 Å². The molecule has 1 N–H and O–H groups in total. The lowest BCUT2D eigenvalue weighted by molar-refractivity contribution is -0.139. The molecular weight excluding hydrogens is 472 g/mol. The van der Waals surface area contributed by atoms with Crippen molar-refractivity contribution in [2.75, 3.05) is 20.0 Å². The first-order chi connectivity index (χ1) is 17.4. The lowest BCUT2D eigenvalue weighted by atomic mass is 9.96. The Morgan fingerprint density at radius 1 is 0.972 bits per heavy atom. The molecule has 0 unspecified atom stereocenters. The molecule has 0 atom stereocenters. The number of hydrogen-bond acceptors (Lipinski definition) is 5. The van der Waals surface area contributed by atoms with Gasteiger partial charge in [-0.2, -0.15) is 0 Å². The van der Waals surface area contributed by atoms with Gasteiger partial charge in [0.15, 0.2) is 6.61 Å². The fourth-order valence-corrected chi connectivity index (χ4v) is 3.92. The van der Waals surface area contributed by atoms with Crippen molar-refractivity contribution in [3.63, 3.8) is 0 Å². The van der Waals surface area contributed by atoms with Crippen LogP contribution in [0.2, 0.25) is 0 Å². The summed E-state index contributed by atoms with van der Waals surface area (Å²) in [7, 11) is 1.65. The van der Waals surface area contributed by atoms with Gasteiger partial charge < -0.3 is 19.3 Å². The van der Waals surface area contributed by atoms with Crippen LogP contribution in [0.5, 0.6) is 17.2 Å². The number of hydrogen-bond donors (Lipinski definition) is 1. The fraction of sp³-hybridized carbons (Fsp3) is 0.233. The number of aliphatic carboxylic acids is 1. The molecule has 3 aromatic carbocycles. The second kappa shape index (κ2) is 14.7. The average Bonchev–Trinajstić information content (AvgIpc) is 2.91. The topological polar surface area (TPSA) is 65.0 Å². The Morgan fingerprint density at radius 3 is 2.25 bits per heavy atom. The molecule has 36 heavy (non-hydrogen) atoms. The Labute approximate surface area is 218 Å². The van der Waals surface area contributed by atoms with Crippen molar-refractivity contribution in [1.29, 1.82) is 0 Å². The first kappa shape index (κ1) is 28.6. The van der Waals surface area contributed by atoms with Crippen LogP contribution in [0.3, 0.4) is 0 Å². The van der Waals surface area contributed by atoms with Crippen molar-refractivity contribution in [2.45, 2.75) is 27.4 Å². The Kier molecular flexibility index (Phi) is 11.7. The number of ether oxygens (including phenoxy) is 3. The van der Waals surface area contributed by atoms with E-state index in [1.165, 1.54) is 0 Å². The number of benzene rings is 3. The van der Waals surface area contributed by atoms with Gasteiger partial charge in [0.25, 0.3) is 0 Å². The first-order valence-corrected chi connectivity index (χ1v) is 12.9. The van der Waals surface area contributed by atoms with Crippen molar-refractivity contribution in [3.8, 4) is 28.4 Å². The predicted octanol–water partition coefficient (Wildman–Crippen LogP) is 7.63. The predicted molar refractivity (Wildman–Crippen MR) is 150 cm³/mol. The molecule has 190 valence electrons. The molecule has 6 heteroatoms. The van der Waals surface area contributed by atoms with Gasteiger partial charge in [-0.15, -0.1) is 11.8 Å². The maximum Gasteiger partial charge on any atom is 0.341 e. The zero-order chi connectivity index (χ0) is 26.5. The summed E-state index contributed by atoms with van der Waals surface area (Å²) in [5.74, 6) is 1.00. The lowest BCUT2D eigenvalue weighted by Crippen LogP contribution is -2.10. The number of thioether (sulfide) groups is 1. The smallest absolute Gasteiger partial charge is 0.341 e. The molecule has 0 bridgehead atoms. The largest absolute Gasteiger partial charge is 0.497 e. The molecule has 0 aliphatic carbocycles. The number of carbonyl (C=O) groups is 1. The minimum Gasteiger partial charge on any atom is -0.497 e. The quantitative estimate of drug-likeness (QED) is 0.270. The first-order valence-electron chi connectivity index (χ1n) is 11.7. The van der Waals surface area contributed by atoms with Crippen molar-refractivity contribution in [3.05, 3.63) is 95.4 Å². The molecule has 0 radical (unpaired) electrons. The van der Waals surface area contributed by atoms with E-state index in [0.717, 1.165) is 39.1 Å². The molecule has 0 amide bonds. The molecule has 0 aliphatic heterocycles. The van der Waals surface area contributed by atoms with Crippen LogP contribution < -0.4 is 14.2 Å². The van der Waals surface area contributed by atoms with Crippen LogP contribution in [0, 0.1) is 6.92 Å². The minimum atomic E-state index is -1.01. The van der Waals surface area contributed by atoms with Crippen molar-refractivity contribution >= 4 is 23.3 Å². The van der Waals surface area contributed by atoms with Crippen molar-refractivity contribution in [2.24, 2.45) is 0 Å². The van der Waals surface area contributed by atoms with Gasteiger partial charge in [0.1, 0.15) is 23.9 Å². The summed E-state index contributed by atoms with van der Waals surface area (Å²) >= 11 is 1.63. The molecule has 0 spiro atoms. The van der Waals surface area contributed by atoms with E-state index in [4.69, 9.17) is 19.3 Å². The molecular formula is C30H34O5S. The number of aryl methyl sites for hydroxylation is 1. The Hall–Kier alpha value is -3.64. The fourth-order valence-electron chi connectivity index (χ4n) is 3.43. The zero-order valence-electron chi connectivity index (χ0n) is 21.5. The number of carboxylic acid groups (broad SMARTS) is 1. The molecule has 0 fully saturated rings. The van der Waals surface area contributed by atoms with E-state index in [-0.39, 0.29) is 6.61 Å². The van der Waals surface area contributed by atoms with Gasteiger partial charge in [0, 0.05) is 0 Å². The number of rotatable bonds is 11. The SMILES string of the molecule is C=C/C(=C\SC)c1cc(COc2ccc(OCC(=O)O)c(C)c2)cc(-c2ccc(OC)cc2)c1.CC. The molecule has 0 saturated heterocycles.